The topological polar surface area (TPSA) is 51.1 Å². The highest BCUT2D eigenvalue weighted by atomic mass is 35.5. The zero-order valence-electron chi connectivity index (χ0n) is 14.9. The van der Waals surface area contributed by atoms with Crippen molar-refractivity contribution in [3.05, 3.63) is 58.4 Å². The maximum Gasteiger partial charge on any atom is 0.263 e. The van der Waals surface area contributed by atoms with E-state index >= 15 is 0 Å². The predicted octanol–water partition coefficient (Wildman–Crippen LogP) is 4.24. The van der Waals surface area contributed by atoms with Crippen molar-refractivity contribution in [1.29, 1.82) is 0 Å². The van der Waals surface area contributed by atoms with Crippen LogP contribution in [0.4, 0.5) is 4.39 Å². The van der Waals surface area contributed by atoms with Crippen LogP contribution in [0.3, 0.4) is 0 Å². The molecule has 1 amide bonds. The quantitative estimate of drug-likeness (QED) is 0.742. The molecule has 0 saturated carbocycles. The number of benzene rings is 2. The van der Waals surface area contributed by atoms with Crippen LogP contribution in [-0.4, -0.2) is 43.3 Å². The van der Waals surface area contributed by atoms with Crippen LogP contribution in [-0.2, 0) is 5.75 Å². The van der Waals surface area contributed by atoms with Gasteiger partial charge in [0.25, 0.3) is 5.91 Å². The molecule has 0 N–H and O–H groups in total. The van der Waals surface area contributed by atoms with E-state index < -0.39 is 0 Å². The Balaban J connectivity index is 1.77. The summed E-state index contributed by atoms with van der Waals surface area (Å²) in [5.41, 5.74) is 0.811. The number of thioether (sulfide) groups is 1. The summed E-state index contributed by atoms with van der Waals surface area (Å²) >= 11 is 7.36. The average molecular weight is 409 g/mol. The molecule has 8 heteroatoms. The summed E-state index contributed by atoms with van der Waals surface area (Å²) in [6.45, 7) is 0.957. The summed E-state index contributed by atoms with van der Waals surface area (Å²) in [6, 6.07) is 9.59. The maximum absolute atomic E-state index is 14.0. The lowest BCUT2D eigenvalue weighted by molar-refractivity contribution is 0.0857. The first kappa shape index (κ1) is 19.5. The number of carbonyl (C=O) groups is 1. The number of aliphatic imine (C=N–C) groups is 1. The molecule has 1 aliphatic heterocycles. The summed E-state index contributed by atoms with van der Waals surface area (Å²) < 4.78 is 24.5. The molecule has 0 aromatic heterocycles. The Hall–Kier alpha value is -2.25. The van der Waals surface area contributed by atoms with Crippen molar-refractivity contribution in [3.8, 4) is 11.5 Å². The Labute approximate surface area is 166 Å². The number of amides is 1. The van der Waals surface area contributed by atoms with Crippen molar-refractivity contribution in [3.63, 3.8) is 0 Å². The van der Waals surface area contributed by atoms with Gasteiger partial charge in [0.1, 0.15) is 17.3 Å². The van der Waals surface area contributed by atoms with E-state index in [1.165, 1.54) is 24.9 Å². The van der Waals surface area contributed by atoms with E-state index in [0.29, 0.717) is 45.9 Å². The molecule has 3 rings (SSSR count). The zero-order chi connectivity index (χ0) is 19.4. The number of hydrogen-bond donors (Lipinski definition) is 0. The smallest absolute Gasteiger partial charge is 0.263 e. The Morgan fingerprint density at radius 2 is 2.11 bits per heavy atom. The third-order valence-electron chi connectivity index (χ3n) is 4.09. The normalized spacial score (nSPS) is 13.5. The molecule has 0 aliphatic carbocycles. The summed E-state index contributed by atoms with van der Waals surface area (Å²) in [5.74, 6) is 0.713. The van der Waals surface area contributed by atoms with E-state index in [0.717, 1.165) is 0 Å². The highest BCUT2D eigenvalue weighted by Gasteiger charge is 2.28. The first-order chi connectivity index (χ1) is 13.0. The third-order valence-corrected chi connectivity index (χ3v) is 5.49. The van der Waals surface area contributed by atoms with Crippen LogP contribution in [0.5, 0.6) is 11.5 Å². The highest BCUT2D eigenvalue weighted by Crippen LogP contribution is 2.30. The molecule has 1 aliphatic rings. The number of rotatable bonds is 5. The van der Waals surface area contributed by atoms with E-state index in [1.807, 2.05) is 0 Å². The van der Waals surface area contributed by atoms with Gasteiger partial charge < -0.3 is 9.47 Å². The maximum atomic E-state index is 14.0. The zero-order valence-corrected chi connectivity index (χ0v) is 16.4. The lowest BCUT2D eigenvalue weighted by atomic mass is 10.1. The van der Waals surface area contributed by atoms with Gasteiger partial charge in [-0.3, -0.25) is 14.7 Å². The first-order valence-electron chi connectivity index (χ1n) is 8.19. The fourth-order valence-corrected chi connectivity index (χ4v) is 4.05. The summed E-state index contributed by atoms with van der Waals surface area (Å²) in [6.07, 6.45) is 0. The number of carbonyl (C=O) groups excluding carboxylic acids is 1. The molecule has 2 aromatic rings. The molecule has 5 nitrogen and oxygen atoms in total. The molecule has 0 radical (unpaired) electrons. The Morgan fingerprint density at radius 3 is 2.81 bits per heavy atom. The summed E-state index contributed by atoms with van der Waals surface area (Å²) in [5, 5.41) is 0.896. The van der Waals surface area contributed by atoms with Crippen molar-refractivity contribution in [2.75, 3.05) is 27.3 Å². The second-order valence-electron chi connectivity index (χ2n) is 5.68. The monoisotopic (exact) mass is 408 g/mol. The van der Waals surface area contributed by atoms with Crippen LogP contribution in [0.2, 0.25) is 5.02 Å². The van der Waals surface area contributed by atoms with Crippen molar-refractivity contribution < 1.29 is 18.7 Å². The van der Waals surface area contributed by atoms with E-state index in [-0.39, 0.29) is 17.5 Å². The molecule has 0 fully saturated rings. The van der Waals surface area contributed by atoms with Gasteiger partial charge in [0.15, 0.2) is 5.17 Å². The fraction of sp³-hybridized carbons (Fsp3) is 0.263. The Morgan fingerprint density at radius 1 is 1.30 bits per heavy atom. The van der Waals surface area contributed by atoms with Gasteiger partial charge in [-0.1, -0.05) is 29.4 Å². The van der Waals surface area contributed by atoms with Crippen LogP contribution < -0.4 is 9.47 Å². The van der Waals surface area contributed by atoms with Crippen LogP contribution >= 0.6 is 23.4 Å². The summed E-state index contributed by atoms with van der Waals surface area (Å²) in [7, 11) is 3.05. The van der Waals surface area contributed by atoms with Crippen LogP contribution in [0.15, 0.2) is 41.4 Å². The van der Waals surface area contributed by atoms with Gasteiger partial charge in [0.2, 0.25) is 0 Å². The number of hydrogen-bond acceptors (Lipinski definition) is 5. The van der Waals surface area contributed by atoms with Gasteiger partial charge in [-0.2, -0.15) is 0 Å². The van der Waals surface area contributed by atoms with Crippen molar-refractivity contribution >= 4 is 34.4 Å². The molecule has 0 unspecified atom stereocenters. The Kier molecular flexibility index (Phi) is 6.23. The molecule has 142 valence electrons. The minimum Gasteiger partial charge on any atom is -0.497 e. The second kappa shape index (κ2) is 8.63. The number of methoxy groups -OCH3 is 2. The SMILES string of the molecule is COc1ccc(C(=O)N2CCN=C2SCc2c(F)cccc2Cl)c(OC)c1. The molecule has 1 heterocycles. The van der Waals surface area contributed by atoms with E-state index in [2.05, 4.69) is 4.99 Å². The molecule has 0 atom stereocenters. The van der Waals surface area contributed by atoms with Crippen LogP contribution in [0.1, 0.15) is 15.9 Å². The number of halogens is 2. The molecule has 0 bridgehead atoms. The van der Waals surface area contributed by atoms with Gasteiger partial charge in [0, 0.05) is 29.0 Å². The second-order valence-corrected chi connectivity index (χ2v) is 7.03. The van der Waals surface area contributed by atoms with Gasteiger partial charge in [-0.05, 0) is 24.3 Å². The van der Waals surface area contributed by atoms with Crippen molar-refractivity contribution in [2.45, 2.75) is 5.75 Å². The lowest BCUT2D eigenvalue weighted by Crippen LogP contribution is -2.33. The van der Waals surface area contributed by atoms with E-state index in [9.17, 15) is 9.18 Å². The lowest BCUT2D eigenvalue weighted by Gasteiger charge is -2.19. The number of nitrogens with zero attached hydrogens (tertiary/aromatic N) is 2. The Bertz CT molecular complexity index is 871. The standard InChI is InChI=1S/C19H18ClFN2O3S/c1-25-12-6-7-13(17(10-12)26-2)18(24)23-9-8-22-19(23)27-11-14-15(20)4-3-5-16(14)21/h3-7,10H,8-9,11H2,1-2H3. The van der Waals surface area contributed by atoms with Crippen molar-refractivity contribution in [2.24, 2.45) is 4.99 Å². The van der Waals surface area contributed by atoms with Gasteiger partial charge in [-0.25, -0.2) is 4.39 Å². The largest absolute Gasteiger partial charge is 0.497 e. The van der Waals surface area contributed by atoms with E-state index in [1.54, 1.807) is 42.3 Å². The molecular weight excluding hydrogens is 391 g/mol. The predicted molar refractivity (Wildman–Crippen MR) is 106 cm³/mol. The minimum absolute atomic E-state index is 0.224. The van der Waals surface area contributed by atoms with Crippen LogP contribution in [0, 0.1) is 5.82 Å². The fourth-order valence-electron chi connectivity index (χ4n) is 2.67. The van der Waals surface area contributed by atoms with Gasteiger partial charge in [-0.15, -0.1) is 0 Å². The van der Waals surface area contributed by atoms with Gasteiger partial charge in [0.05, 0.1) is 26.3 Å². The number of ether oxygens (including phenoxy) is 2. The first-order valence-corrected chi connectivity index (χ1v) is 9.55. The summed E-state index contributed by atoms with van der Waals surface area (Å²) in [4.78, 5) is 18.9. The molecular formula is C19H18ClFN2O3S. The van der Waals surface area contributed by atoms with E-state index in [4.69, 9.17) is 21.1 Å². The van der Waals surface area contributed by atoms with Crippen molar-refractivity contribution in [1.82, 2.24) is 4.90 Å². The molecule has 27 heavy (non-hydrogen) atoms. The average Bonchev–Trinajstić information content (AvgIpc) is 3.15. The molecule has 0 saturated heterocycles. The molecule has 2 aromatic carbocycles. The minimum atomic E-state index is -0.372. The molecule has 0 spiro atoms. The third kappa shape index (κ3) is 4.20. The van der Waals surface area contributed by atoms with Crippen LogP contribution in [0.25, 0.3) is 0 Å². The number of amidine groups is 1. The highest BCUT2D eigenvalue weighted by molar-refractivity contribution is 8.13. The van der Waals surface area contributed by atoms with Gasteiger partial charge >= 0.3 is 0 Å².